The van der Waals surface area contributed by atoms with Gasteiger partial charge in [-0.15, -0.1) is 0 Å². The number of amides is 1. The van der Waals surface area contributed by atoms with E-state index in [-0.39, 0.29) is 9.23 Å². The summed E-state index contributed by atoms with van der Waals surface area (Å²) in [6.07, 6.45) is 0.752. The first-order valence-electron chi connectivity index (χ1n) is 8.56. The Balaban J connectivity index is 1.96. The van der Waals surface area contributed by atoms with Crippen molar-refractivity contribution in [3.05, 3.63) is 40.9 Å². The van der Waals surface area contributed by atoms with Gasteiger partial charge in [-0.2, -0.15) is 0 Å². The van der Waals surface area contributed by atoms with E-state index in [2.05, 4.69) is 4.98 Å². The van der Waals surface area contributed by atoms with Crippen LogP contribution in [0.3, 0.4) is 0 Å². The van der Waals surface area contributed by atoms with Crippen LogP contribution in [0.15, 0.2) is 35.2 Å². The van der Waals surface area contributed by atoms with Gasteiger partial charge in [0.25, 0.3) is 5.91 Å². The van der Waals surface area contributed by atoms with E-state index in [0.717, 1.165) is 22.0 Å². The zero-order valence-corrected chi connectivity index (χ0v) is 16.8. The van der Waals surface area contributed by atoms with Crippen LogP contribution in [0.2, 0.25) is 0 Å². The van der Waals surface area contributed by atoms with Gasteiger partial charge in [-0.1, -0.05) is 42.2 Å². The van der Waals surface area contributed by atoms with Gasteiger partial charge >= 0.3 is 11.9 Å². The van der Waals surface area contributed by atoms with E-state index < -0.39 is 30.3 Å². The Labute approximate surface area is 175 Å². The molecule has 0 radical (unpaired) electrons. The standard InChI is InChI=1S/C19H16N2O6S2/c1-2-27-13-5-3-4-10-6-7-11(20-16(10)13)8-14-17(24)21(19(28)29-14)12(18(25)26)9-15(22)23/h3-8,12H,2,9H2,1H3,(H,22,23)(H,25,26). The van der Waals surface area contributed by atoms with E-state index in [1.165, 1.54) is 6.08 Å². The Bertz CT molecular complexity index is 1050. The van der Waals surface area contributed by atoms with E-state index in [9.17, 15) is 19.5 Å². The summed E-state index contributed by atoms with van der Waals surface area (Å²) in [7, 11) is 0. The lowest BCUT2D eigenvalue weighted by Gasteiger charge is -2.21. The number of carbonyl (C=O) groups is 3. The molecule has 10 heteroatoms. The number of aliphatic carboxylic acids is 2. The summed E-state index contributed by atoms with van der Waals surface area (Å²) in [5.41, 5.74) is 1.10. The summed E-state index contributed by atoms with van der Waals surface area (Å²) in [6.45, 7) is 2.34. The van der Waals surface area contributed by atoms with Crippen LogP contribution in [0.25, 0.3) is 17.0 Å². The van der Waals surface area contributed by atoms with E-state index in [1.807, 2.05) is 25.1 Å². The van der Waals surface area contributed by atoms with Gasteiger partial charge in [-0.05, 0) is 25.1 Å². The molecule has 1 fully saturated rings. The fourth-order valence-corrected chi connectivity index (χ4v) is 4.17. The summed E-state index contributed by atoms with van der Waals surface area (Å²) in [4.78, 5) is 40.7. The maximum absolute atomic E-state index is 12.7. The van der Waals surface area contributed by atoms with E-state index in [0.29, 0.717) is 23.6 Å². The predicted octanol–water partition coefficient (Wildman–Crippen LogP) is 2.76. The number of rotatable bonds is 7. The van der Waals surface area contributed by atoms with E-state index in [1.54, 1.807) is 12.1 Å². The summed E-state index contributed by atoms with van der Waals surface area (Å²) < 4.78 is 5.58. The normalized spacial score (nSPS) is 16.4. The molecule has 0 bridgehead atoms. The van der Waals surface area contributed by atoms with Crippen LogP contribution in [0.5, 0.6) is 5.75 Å². The monoisotopic (exact) mass is 432 g/mol. The quantitative estimate of drug-likeness (QED) is 0.503. The zero-order valence-electron chi connectivity index (χ0n) is 15.2. The lowest BCUT2D eigenvalue weighted by atomic mass is 10.1. The van der Waals surface area contributed by atoms with Crippen LogP contribution in [-0.2, 0) is 14.4 Å². The molecular weight excluding hydrogens is 416 g/mol. The van der Waals surface area contributed by atoms with Gasteiger partial charge in [-0.25, -0.2) is 9.78 Å². The molecule has 1 aromatic heterocycles. The van der Waals surface area contributed by atoms with Gasteiger partial charge in [0.1, 0.15) is 21.6 Å². The van der Waals surface area contributed by atoms with Crippen LogP contribution < -0.4 is 4.74 Å². The largest absolute Gasteiger partial charge is 0.492 e. The summed E-state index contributed by atoms with van der Waals surface area (Å²) in [5.74, 6) is -2.82. The number of carboxylic acid groups (broad SMARTS) is 2. The minimum absolute atomic E-state index is 0.00862. The molecule has 1 saturated heterocycles. The van der Waals surface area contributed by atoms with Crippen LogP contribution in [-0.4, -0.2) is 54.9 Å². The number of nitrogens with zero attached hydrogens (tertiary/aromatic N) is 2. The average Bonchev–Trinajstić information content (AvgIpc) is 2.93. The lowest BCUT2D eigenvalue weighted by Crippen LogP contribution is -2.45. The Hall–Kier alpha value is -2.98. The number of carboxylic acids is 2. The number of thioether (sulfide) groups is 1. The molecular formula is C19H16N2O6S2. The van der Waals surface area contributed by atoms with Crippen molar-refractivity contribution in [1.29, 1.82) is 0 Å². The Kier molecular flexibility index (Phi) is 6.14. The molecule has 3 rings (SSSR count). The van der Waals surface area contributed by atoms with Crippen molar-refractivity contribution in [3.63, 3.8) is 0 Å². The second-order valence-corrected chi connectivity index (χ2v) is 7.68. The maximum Gasteiger partial charge on any atom is 0.327 e. The molecule has 1 atom stereocenters. The van der Waals surface area contributed by atoms with Gasteiger partial charge in [0.05, 0.1) is 23.6 Å². The number of ether oxygens (including phenoxy) is 1. The first-order valence-corrected chi connectivity index (χ1v) is 9.78. The first kappa shape index (κ1) is 20.7. The van der Waals surface area contributed by atoms with Crippen LogP contribution in [0.1, 0.15) is 19.0 Å². The number of benzene rings is 1. The molecule has 2 aromatic rings. The molecule has 1 aliphatic heterocycles. The number of hydrogen-bond acceptors (Lipinski definition) is 7. The Morgan fingerprint density at radius 2 is 2.07 bits per heavy atom. The minimum Gasteiger partial charge on any atom is -0.492 e. The number of pyridine rings is 1. The highest BCUT2D eigenvalue weighted by Gasteiger charge is 2.41. The van der Waals surface area contributed by atoms with Crippen LogP contribution in [0.4, 0.5) is 0 Å². The average molecular weight is 432 g/mol. The van der Waals surface area contributed by atoms with Crippen LogP contribution >= 0.6 is 24.0 Å². The van der Waals surface area contributed by atoms with Gasteiger partial charge in [0.15, 0.2) is 0 Å². The molecule has 1 aromatic carbocycles. The number of fused-ring (bicyclic) bond motifs is 1. The number of carbonyl (C=O) groups excluding carboxylic acids is 1. The van der Waals surface area contributed by atoms with Gasteiger partial charge in [-0.3, -0.25) is 14.5 Å². The predicted molar refractivity (Wildman–Crippen MR) is 112 cm³/mol. The fraction of sp³-hybridized carbons (Fsp3) is 0.211. The number of thiocarbonyl (C=S) groups is 1. The SMILES string of the molecule is CCOc1cccc2ccc(C=C3SC(=S)N(C(CC(=O)O)C(=O)O)C3=O)nc12. The summed E-state index contributed by atoms with van der Waals surface area (Å²) in [5, 5.41) is 19.1. The summed E-state index contributed by atoms with van der Waals surface area (Å²) >= 11 is 6.03. The molecule has 1 amide bonds. The zero-order chi connectivity index (χ0) is 21.1. The third kappa shape index (κ3) is 4.38. The molecule has 1 unspecified atom stereocenters. The number of aromatic nitrogens is 1. The van der Waals surface area contributed by atoms with Crippen molar-refractivity contribution in [2.24, 2.45) is 0 Å². The molecule has 8 nitrogen and oxygen atoms in total. The molecule has 0 aliphatic carbocycles. The van der Waals surface area contributed by atoms with Gasteiger partial charge in [0.2, 0.25) is 0 Å². The number of para-hydroxylation sites is 1. The maximum atomic E-state index is 12.7. The molecule has 1 aliphatic rings. The molecule has 2 N–H and O–H groups in total. The molecule has 0 saturated carbocycles. The minimum atomic E-state index is -1.57. The molecule has 29 heavy (non-hydrogen) atoms. The highest BCUT2D eigenvalue weighted by atomic mass is 32.2. The van der Waals surface area contributed by atoms with E-state index >= 15 is 0 Å². The van der Waals surface area contributed by atoms with Gasteiger partial charge in [0, 0.05) is 5.39 Å². The van der Waals surface area contributed by atoms with Crippen molar-refractivity contribution < 1.29 is 29.3 Å². The first-order chi connectivity index (χ1) is 13.8. The highest BCUT2D eigenvalue weighted by Crippen LogP contribution is 2.35. The molecule has 0 spiro atoms. The molecule has 150 valence electrons. The lowest BCUT2D eigenvalue weighted by molar-refractivity contribution is -0.150. The van der Waals surface area contributed by atoms with Crippen molar-refractivity contribution in [3.8, 4) is 5.75 Å². The topological polar surface area (TPSA) is 117 Å². The number of hydrogen-bond donors (Lipinski definition) is 2. The van der Waals surface area contributed by atoms with Crippen molar-refractivity contribution in [1.82, 2.24) is 9.88 Å². The Morgan fingerprint density at radius 1 is 1.31 bits per heavy atom. The third-order valence-electron chi connectivity index (χ3n) is 4.07. The van der Waals surface area contributed by atoms with Crippen LogP contribution in [0, 0.1) is 0 Å². The van der Waals surface area contributed by atoms with Crippen molar-refractivity contribution in [2.45, 2.75) is 19.4 Å². The summed E-state index contributed by atoms with van der Waals surface area (Å²) in [6, 6.07) is 7.52. The fourth-order valence-electron chi connectivity index (χ4n) is 2.82. The van der Waals surface area contributed by atoms with Gasteiger partial charge < -0.3 is 14.9 Å². The Morgan fingerprint density at radius 3 is 2.72 bits per heavy atom. The third-order valence-corrected chi connectivity index (χ3v) is 5.40. The highest BCUT2D eigenvalue weighted by molar-refractivity contribution is 8.26. The van der Waals surface area contributed by atoms with E-state index in [4.69, 9.17) is 22.1 Å². The van der Waals surface area contributed by atoms with Crippen molar-refractivity contribution in [2.75, 3.05) is 6.61 Å². The smallest absolute Gasteiger partial charge is 0.327 e. The molecule has 2 heterocycles. The van der Waals surface area contributed by atoms with Crippen molar-refractivity contribution >= 4 is 63.1 Å². The second-order valence-electron chi connectivity index (χ2n) is 6.00. The second kappa shape index (κ2) is 8.58.